The molecular formula is C29H32N4O4. The molecule has 1 atom stereocenters. The number of fused-ring (bicyclic) bond motifs is 1. The van der Waals surface area contributed by atoms with Gasteiger partial charge in [-0.15, -0.1) is 0 Å². The smallest absolute Gasteiger partial charge is 0.264 e. The second-order valence-corrected chi connectivity index (χ2v) is 11.1. The van der Waals surface area contributed by atoms with E-state index in [1.54, 1.807) is 18.2 Å². The molecule has 8 heteroatoms. The summed E-state index contributed by atoms with van der Waals surface area (Å²) in [6.07, 6.45) is 5.74. The van der Waals surface area contributed by atoms with Crippen molar-refractivity contribution in [1.82, 2.24) is 15.1 Å². The maximum Gasteiger partial charge on any atom is 0.264 e. The standard InChI is InChI=1S/C29H32N4O4/c1-18-15-19(5-6-20(18)17-32-13-11-29(9-10-29)12-14-32)16-30-22-4-2-3-21-25(22)28(37)33(27(21)36)23-7-8-24(34)31-26(23)35/h2-6,15,23,30H,7-14,16-17H2,1H3,(H,31,34,35). The SMILES string of the molecule is Cc1cc(CNc2cccc3c2C(=O)N(C2CCC(=O)NC2=O)C3=O)ccc1CN1CCC2(CC1)CC2. The molecule has 2 aromatic carbocycles. The molecule has 3 fully saturated rings. The molecule has 4 amide bonds. The molecule has 0 aromatic heterocycles. The van der Waals surface area contributed by atoms with E-state index >= 15 is 0 Å². The molecule has 6 rings (SSSR count). The number of likely N-dealkylation sites (tertiary alicyclic amines) is 1. The molecule has 0 radical (unpaired) electrons. The lowest BCUT2D eigenvalue weighted by Crippen LogP contribution is -2.54. The summed E-state index contributed by atoms with van der Waals surface area (Å²) in [4.78, 5) is 53.8. The number of hydrogen-bond donors (Lipinski definition) is 2. The highest BCUT2D eigenvalue weighted by molar-refractivity contribution is 6.25. The minimum Gasteiger partial charge on any atom is -0.380 e. The summed E-state index contributed by atoms with van der Waals surface area (Å²) in [7, 11) is 0. The number of imide groups is 2. The Hall–Kier alpha value is -3.52. The number of piperidine rings is 2. The molecule has 2 N–H and O–H groups in total. The third kappa shape index (κ3) is 4.44. The Morgan fingerprint density at radius 1 is 1.00 bits per heavy atom. The monoisotopic (exact) mass is 500 g/mol. The molecule has 3 aliphatic heterocycles. The van der Waals surface area contributed by atoms with Crippen molar-refractivity contribution in [2.75, 3.05) is 18.4 Å². The van der Waals surface area contributed by atoms with Crippen molar-refractivity contribution in [2.45, 2.75) is 64.6 Å². The summed E-state index contributed by atoms with van der Waals surface area (Å²) in [5.41, 5.74) is 5.49. The lowest BCUT2D eigenvalue weighted by Gasteiger charge is -2.32. The van der Waals surface area contributed by atoms with Crippen LogP contribution in [0.3, 0.4) is 0 Å². The number of benzene rings is 2. The van der Waals surface area contributed by atoms with Crippen LogP contribution in [0.1, 0.15) is 75.9 Å². The normalized spacial score (nSPS) is 22.8. The summed E-state index contributed by atoms with van der Waals surface area (Å²) < 4.78 is 0. The van der Waals surface area contributed by atoms with E-state index in [9.17, 15) is 19.2 Å². The van der Waals surface area contributed by atoms with Crippen LogP contribution in [0, 0.1) is 12.3 Å². The number of carbonyl (C=O) groups is 4. The van der Waals surface area contributed by atoms with Crippen LogP contribution in [0.2, 0.25) is 0 Å². The molecule has 1 saturated carbocycles. The minimum atomic E-state index is -0.970. The Morgan fingerprint density at radius 3 is 2.49 bits per heavy atom. The summed E-state index contributed by atoms with van der Waals surface area (Å²) in [5, 5.41) is 5.57. The zero-order valence-electron chi connectivity index (χ0n) is 21.1. The average Bonchev–Trinajstić information content (AvgIpc) is 3.59. The first kappa shape index (κ1) is 23.9. The fraction of sp³-hybridized carbons (Fsp3) is 0.448. The lowest BCUT2D eigenvalue weighted by atomic mass is 9.93. The Labute approximate surface area is 216 Å². The molecule has 1 spiro atoms. The molecule has 4 aliphatic rings. The van der Waals surface area contributed by atoms with Crippen LogP contribution in [-0.2, 0) is 22.7 Å². The van der Waals surface area contributed by atoms with Crippen molar-refractivity contribution in [3.63, 3.8) is 0 Å². The van der Waals surface area contributed by atoms with Gasteiger partial charge in [0, 0.05) is 25.2 Å². The van der Waals surface area contributed by atoms with Crippen LogP contribution < -0.4 is 10.6 Å². The number of amides is 4. The molecule has 8 nitrogen and oxygen atoms in total. The van der Waals surface area contributed by atoms with Crippen molar-refractivity contribution in [1.29, 1.82) is 0 Å². The molecule has 3 heterocycles. The number of hydrogen-bond acceptors (Lipinski definition) is 6. The van der Waals surface area contributed by atoms with Crippen molar-refractivity contribution in [2.24, 2.45) is 5.41 Å². The van der Waals surface area contributed by atoms with Crippen LogP contribution in [0.25, 0.3) is 0 Å². The van der Waals surface area contributed by atoms with E-state index < -0.39 is 23.8 Å². The van der Waals surface area contributed by atoms with E-state index in [4.69, 9.17) is 0 Å². The second kappa shape index (κ2) is 9.10. The van der Waals surface area contributed by atoms with Crippen LogP contribution >= 0.6 is 0 Å². The predicted octanol–water partition coefficient (Wildman–Crippen LogP) is 3.38. The summed E-state index contributed by atoms with van der Waals surface area (Å²) in [5.74, 6) is -1.99. The van der Waals surface area contributed by atoms with E-state index in [-0.39, 0.29) is 29.9 Å². The van der Waals surface area contributed by atoms with E-state index in [0.29, 0.717) is 17.6 Å². The van der Waals surface area contributed by atoms with Crippen LogP contribution in [0.4, 0.5) is 5.69 Å². The van der Waals surface area contributed by atoms with Crippen LogP contribution in [-0.4, -0.2) is 52.6 Å². The first-order valence-electron chi connectivity index (χ1n) is 13.2. The third-order valence-electron chi connectivity index (χ3n) is 8.63. The van der Waals surface area contributed by atoms with Gasteiger partial charge in [0.25, 0.3) is 11.8 Å². The molecule has 1 aliphatic carbocycles. The van der Waals surface area contributed by atoms with E-state index in [0.717, 1.165) is 17.0 Å². The van der Waals surface area contributed by atoms with E-state index in [1.807, 2.05) is 0 Å². The van der Waals surface area contributed by atoms with E-state index in [2.05, 4.69) is 40.7 Å². The van der Waals surface area contributed by atoms with Gasteiger partial charge in [-0.05, 0) is 86.4 Å². The molecule has 0 bridgehead atoms. The second-order valence-electron chi connectivity index (χ2n) is 11.1. The highest BCUT2D eigenvalue weighted by Crippen LogP contribution is 2.53. The minimum absolute atomic E-state index is 0.100. The number of nitrogens with zero attached hydrogens (tertiary/aromatic N) is 2. The van der Waals surface area contributed by atoms with Gasteiger partial charge >= 0.3 is 0 Å². The first-order valence-corrected chi connectivity index (χ1v) is 13.2. The van der Waals surface area contributed by atoms with Gasteiger partial charge in [0.1, 0.15) is 6.04 Å². The van der Waals surface area contributed by atoms with Gasteiger partial charge in [-0.2, -0.15) is 0 Å². The fourth-order valence-electron chi connectivity index (χ4n) is 6.01. The summed E-state index contributed by atoms with van der Waals surface area (Å²) in [6, 6.07) is 10.7. The topological polar surface area (TPSA) is 98.8 Å². The lowest BCUT2D eigenvalue weighted by molar-refractivity contribution is -0.136. The fourth-order valence-corrected chi connectivity index (χ4v) is 6.01. The highest BCUT2D eigenvalue weighted by Gasteiger charge is 2.46. The Balaban J connectivity index is 1.13. The van der Waals surface area contributed by atoms with Crippen molar-refractivity contribution in [3.05, 3.63) is 64.2 Å². The Bertz CT molecular complexity index is 1300. The Morgan fingerprint density at radius 2 is 1.78 bits per heavy atom. The third-order valence-corrected chi connectivity index (χ3v) is 8.63. The van der Waals surface area contributed by atoms with Crippen molar-refractivity contribution >= 4 is 29.3 Å². The van der Waals surface area contributed by atoms with Gasteiger partial charge in [-0.1, -0.05) is 24.3 Å². The average molecular weight is 501 g/mol. The van der Waals surface area contributed by atoms with Crippen LogP contribution in [0.5, 0.6) is 0 Å². The van der Waals surface area contributed by atoms with Crippen molar-refractivity contribution in [3.8, 4) is 0 Å². The zero-order chi connectivity index (χ0) is 25.7. The van der Waals surface area contributed by atoms with Gasteiger partial charge in [0.2, 0.25) is 11.8 Å². The van der Waals surface area contributed by atoms with Crippen LogP contribution in [0.15, 0.2) is 36.4 Å². The molecular weight excluding hydrogens is 468 g/mol. The molecule has 192 valence electrons. The summed E-state index contributed by atoms with van der Waals surface area (Å²) >= 11 is 0. The molecule has 37 heavy (non-hydrogen) atoms. The highest BCUT2D eigenvalue weighted by atomic mass is 16.2. The van der Waals surface area contributed by atoms with Gasteiger partial charge < -0.3 is 5.32 Å². The number of aryl methyl sites for hydroxylation is 1. The predicted molar refractivity (Wildman–Crippen MR) is 138 cm³/mol. The number of nitrogens with one attached hydrogen (secondary N) is 2. The molecule has 2 aromatic rings. The van der Waals surface area contributed by atoms with Crippen molar-refractivity contribution < 1.29 is 19.2 Å². The largest absolute Gasteiger partial charge is 0.380 e. The molecule has 2 saturated heterocycles. The first-order chi connectivity index (χ1) is 17.8. The quantitative estimate of drug-likeness (QED) is 0.590. The van der Waals surface area contributed by atoms with Gasteiger partial charge in [-0.3, -0.25) is 34.3 Å². The number of anilines is 1. The zero-order valence-corrected chi connectivity index (χ0v) is 21.1. The van der Waals surface area contributed by atoms with E-state index in [1.165, 1.54) is 49.9 Å². The summed E-state index contributed by atoms with van der Waals surface area (Å²) in [6.45, 7) is 6.00. The van der Waals surface area contributed by atoms with Gasteiger partial charge in [-0.25, -0.2) is 0 Å². The molecule has 1 unspecified atom stereocenters. The number of rotatable bonds is 6. The van der Waals surface area contributed by atoms with Gasteiger partial charge in [0.15, 0.2) is 0 Å². The Kier molecular flexibility index (Phi) is 5.87. The maximum absolute atomic E-state index is 13.3. The number of carbonyl (C=O) groups excluding carboxylic acids is 4. The maximum atomic E-state index is 13.3. The van der Waals surface area contributed by atoms with Gasteiger partial charge in [0.05, 0.1) is 11.1 Å².